The third-order valence-electron chi connectivity index (χ3n) is 2.99. The van der Waals surface area contributed by atoms with Crippen LogP contribution in [0.5, 0.6) is 0 Å². The summed E-state index contributed by atoms with van der Waals surface area (Å²) in [5.41, 5.74) is 0.517. The molecule has 0 saturated heterocycles. The molecule has 0 spiro atoms. The van der Waals surface area contributed by atoms with Gasteiger partial charge in [-0.25, -0.2) is 4.98 Å². The van der Waals surface area contributed by atoms with E-state index in [1.165, 1.54) is 0 Å². The maximum Gasteiger partial charge on any atom is 0.169 e. The number of nitrogens with zero attached hydrogens (tertiary/aromatic N) is 3. The van der Waals surface area contributed by atoms with Crippen molar-refractivity contribution in [1.29, 1.82) is 0 Å². The SMILES string of the molecule is CN(C)C1CCn2c(nc(Cl)c2C=O)C1. The van der Waals surface area contributed by atoms with Crippen molar-refractivity contribution in [3.63, 3.8) is 0 Å². The fraction of sp³-hybridized carbons (Fsp3) is 0.600. The van der Waals surface area contributed by atoms with Crippen LogP contribution in [0.1, 0.15) is 22.7 Å². The van der Waals surface area contributed by atoms with Crippen molar-refractivity contribution in [3.05, 3.63) is 16.7 Å². The summed E-state index contributed by atoms with van der Waals surface area (Å²) in [5.74, 6) is 0.923. The molecule has 0 fully saturated rings. The summed E-state index contributed by atoms with van der Waals surface area (Å²) in [4.78, 5) is 17.2. The van der Waals surface area contributed by atoms with E-state index < -0.39 is 0 Å². The van der Waals surface area contributed by atoms with Crippen LogP contribution >= 0.6 is 11.6 Å². The number of imidazole rings is 1. The van der Waals surface area contributed by atoms with Crippen LogP contribution in [0.15, 0.2) is 0 Å². The molecule has 1 aromatic rings. The summed E-state index contributed by atoms with van der Waals surface area (Å²) in [5, 5.41) is 0.333. The summed E-state index contributed by atoms with van der Waals surface area (Å²) < 4.78 is 1.93. The highest BCUT2D eigenvalue weighted by atomic mass is 35.5. The monoisotopic (exact) mass is 227 g/mol. The second-order valence-corrected chi connectivity index (χ2v) is 4.44. The van der Waals surface area contributed by atoms with E-state index in [0.717, 1.165) is 31.5 Å². The molecule has 0 radical (unpaired) electrons. The Balaban J connectivity index is 2.32. The number of fused-ring (bicyclic) bond motifs is 1. The first kappa shape index (κ1) is 10.6. The quantitative estimate of drug-likeness (QED) is 0.714. The van der Waals surface area contributed by atoms with Gasteiger partial charge in [-0.05, 0) is 20.5 Å². The van der Waals surface area contributed by atoms with E-state index in [2.05, 4.69) is 24.0 Å². The lowest BCUT2D eigenvalue weighted by atomic mass is 10.1. The van der Waals surface area contributed by atoms with Gasteiger partial charge in [-0.3, -0.25) is 4.79 Å². The zero-order chi connectivity index (χ0) is 11.0. The molecule has 0 aliphatic carbocycles. The molecule has 0 bridgehead atoms. The number of carbonyl (C=O) groups excluding carboxylic acids is 1. The van der Waals surface area contributed by atoms with E-state index in [-0.39, 0.29) is 0 Å². The topological polar surface area (TPSA) is 38.1 Å². The molecule has 1 aliphatic heterocycles. The zero-order valence-electron chi connectivity index (χ0n) is 8.90. The van der Waals surface area contributed by atoms with Crippen molar-refractivity contribution >= 4 is 17.9 Å². The molecule has 1 aromatic heterocycles. The zero-order valence-corrected chi connectivity index (χ0v) is 9.66. The Morgan fingerprint density at radius 1 is 1.60 bits per heavy atom. The molecule has 2 rings (SSSR count). The number of likely N-dealkylation sites (N-methyl/N-ethyl adjacent to an activating group) is 1. The summed E-state index contributed by atoms with van der Waals surface area (Å²) >= 11 is 5.89. The molecule has 0 amide bonds. The van der Waals surface area contributed by atoms with E-state index in [9.17, 15) is 4.79 Å². The third kappa shape index (κ3) is 1.79. The molecule has 5 heteroatoms. The summed E-state index contributed by atoms with van der Waals surface area (Å²) in [6, 6.07) is 0.496. The minimum atomic E-state index is 0.333. The Bertz CT molecular complexity index is 386. The lowest BCUT2D eigenvalue weighted by Crippen LogP contribution is -2.35. The fourth-order valence-electron chi connectivity index (χ4n) is 2.03. The highest BCUT2D eigenvalue weighted by molar-refractivity contribution is 6.31. The van der Waals surface area contributed by atoms with Crippen LogP contribution in [0.3, 0.4) is 0 Å². The molecular weight excluding hydrogens is 214 g/mol. The van der Waals surface area contributed by atoms with E-state index in [1.54, 1.807) is 0 Å². The maximum absolute atomic E-state index is 10.8. The van der Waals surface area contributed by atoms with Crippen LogP contribution < -0.4 is 0 Å². The number of aldehydes is 1. The average molecular weight is 228 g/mol. The second kappa shape index (κ2) is 3.94. The van der Waals surface area contributed by atoms with Crippen molar-refractivity contribution in [2.45, 2.75) is 25.4 Å². The Morgan fingerprint density at radius 3 is 2.93 bits per heavy atom. The predicted octanol–water partition coefficient (Wildman–Crippen LogP) is 1.23. The Kier molecular flexibility index (Phi) is 2.80. The molecule has 15 heavy (non-hydrogen) atoms. The molecule has 82 valence electrons. The molecule has 0 N–H and O–H groups in total. The van der Waals surface area contributed by atoms with E-state index in [0.29, 0.717) is 16.9 Å². The van der Waals surface area contributed by atoms with Gasteiger partial charge >= 0.3 is 0 Å². The minimum absolute atomic E-state index is 0.333. The number of carbonyl (C=O) groups is 1. The lowest BCUT2D eigenvalue weighted by molar-refractivity contribution is 0.111. The first-order valence-electron chi connectivity index (χ1n) is 5.00. The normalized spacial score (nSPS) is 20.4. The first-order valence-corrected chi connectivity index (χ1v) is 5.37. The Hall–Kier alpha value is -0.870. The molecular formula is C10H14ClN3O. The van der Waals surface area contributed by atoms with Crippen LogP contribution in [0.4, 0.5) is 0 Å². The molecule has 0 aromatic carbocycles. The van der Waals surface area contributed by atoms with Crippen molar-refractivity contribution in [1.82, 2.24) is 14.5 Å². The number of halogens is 1. The molecule has 1 atom stereocenters. The van der Waals surface area contributed by atoms with Crippen LogP contribution in [0.25, 0.3) is 0 Å². The van der Waals surface area contributed by atoms with Gasteiger partial charge in [0.1, 0.15) is 11.5 Å². The molecule has 0 saturated carbocycles. The maximum atomic E-state index is 10.8. The van der Waals surface area contributed by atoms with Crippen LogP contribution in [0, 0.1) is 0 Å². The van der Waals surface area contributed by atoms with Gasteiger partial charge in [0, 0.05) is 19.0 Å². The largest absolute Gasteiger partial charge is 0.324 e. The van der Waals surface area contributed by atoms with Gasteiger partial charge in [-0.2, -0.15) is 0 Å². The molecule has 4 nitrogen and oxygen atoms in total. The van der Waals surface area contributed by atoms with Crippen molar-refractivity contribution < 1.29 is 4.79 Å². The van der Waals surface area contributed by atoms with Gasteiger partial charge in [0.25, 0.3) is 0 Å². The van der Waals surface area contributed by atoms with Gasteiger partial charge in [-0.1, -0.05) is 11.6 Å². The van der Waals surface area contributed by atoms with Gasteiger partial charge in [0.05, 0.1) is 0 Å². The minimum Gasteiger partial charge on any atom is -0.324 e. The predicted molar refractivity (Wildman–Crippen MR) is 58.4 cm³/mol. The second-order valence-electron chi connectivity index (χ2n) is 4.08. The summed E-state index contributed by atoms with van der Waals surface area (Å²) in [7, 11) is 4.12. The highest BCUT2D eigenvalue weighted by Gasteiger charge is 2.24. The van der Waals surface area contributed by atoms with Gasteiger partial charge < -0.3 is 9.47 Å². The van der Waals surface area contributed by atoms with Gasteiger partial charge in [0.15, 0.2) is 11.4 Å². The average Bonchev–Trinajstić information content (AvgIpc) is 2.51. The molecule has 1 unspecified atom stereocenters. The number of hydrogen-bond donors (Lipinski definition) is 0. The van der Waals surface area contributed by atoms with Gasteiger partial charge in [0.2, 0.25) is 0 Å². The highest BCUT2D eigenvalue weighted by Crippen LogP contribution is 2.23. The van der Waals surface area contributed by atoms with E-state index in [4.69, 9.17) is 11.6 Å². The van der Waals surface area contributed by atoms with E-state index >= 15 is 0 Å². The van der Waals surface area contributed by atoms with Crippen LogP contribution in [-0.4, -0.2) is 40.9 Å². The van der Waals surface area contributed by atoms with Gasteiger partial charge in [-0.15, -0.1) is 0 Å². The summed E-state index contributed by atoms with van der Waals surface area (Å²) in [6.07, 6.45) is 2.68. The first-order chi connectivity index (χ1) is 7.13. The Morgan fingerprint density at radius 2 is 2.33 bits per heavy atom. The smallest absolute Gasteiger partial charge is 0.169 e. The molecule has 1 aliphatic rings. The van der Waals surface area contributed by atoms with Crippen molar-refractivity contribution in [3.8, 4) is 0 Å². The van der Waals surface area contributed by atoms with Crippen molar-refractivity contribution in [2.75, 3.05) is 14.1 Å². The fourth-order valence-corrected chi connectivity index (χ4v) is 2.27. The number of aromatic nitrogens is 2. The lowest BCUT2D eigenvalue weighted by Gasteiger charge is -2.28. The number of rotatable bonds is 2. The van der Waals surface area contributed by atoms with Crippen LogP contribution in [0.2, 0.25) is 5.15 Å². The third-order valence-corrected chi connectivity index (χ3v) is 3.27. The standard InChI is InChI=1S/C10H14ClN3O/c1-13(2)7-3-4-14-8(6-15)10(11)12-9(14)5-7/h6-7H,3-5H2,1-2H3. The van der Waals surface area contributed by atoms with E-state index in [1.807, 2.05) is 4.57 Å². The number of hydrogen-bond acceptors (Lipinski definition) is 3. The summed E-state index contributed by atoms with van der Waals surface area (Å²) in [6.45, 7) is 0.825. The van der Waals surface area contributed by atoms with Crippen molar-refractivity contribution in [2.24, 2.45) is 0 Å². The Labute approximate surface area is 93.8 Å². The molecule has 2 heterocycles. The van der Waals surface area contributed by atoms with Crippen LogP contribution in [-0.2, 0) is 13.0 Å².